The summed E-state index contributed by atoms with van der Waals surface area (Å²) in [6.45, 7) is 3.92. The minimum absolute atomic E-state index is 0.0129. The summed E-state index contributed by atoms with van der Waals surface area (Å²) in [6, 6.07) is 13.6. The average molecular weight is 399 g/mol. The molecule has 5 rings (SSSR count). The number of nitrogens with zero attached hydrogens (tertiary/aromatic N) is 2. The summed E-state index contributed by atoms with van der Waals surface area (Å²) in [5.74, 6) is 1.76. The first-order valence-electron chi connectivity index (χ1n) is 9.87. The number of piperidine rings is 1. The Morgan fingerprint density at radius 3 is 2.89 bits per heavy atom. The number of likely N-dealkylation sites (tertiary alicyclic amines) is 1. The maximum atomic E-state index is 12.9. The third-order valence-electron chi connectivity index (χ3n) is 5.85. The van der Waals surface area contributed by atoms with Crippen LogP contribution >= 0.6 is 11.6 Å². The van der Waals surface area contributed by atoms with Crippen LogP contribution < -0.4 is 9.47 Å². The molecule has 2 unspecified atom stereocenters. The van der Waals surface area contributed by atoms with Crippen molar-refractivity contribution in [3.05, 3.63) is 58.6 Å². The summed E-state index contributed by atoms with van der Waals surface area (Å²) in [5.41, 5.74) is 1.83. The first kappa shape index (κ1) is 17.8. The van der Waals surface area contributed by atoms with Crippen LogP contribution in [0.15, 0.2) is 42.5 Å². The van der Waals surface area contributed by atoms with Crippen molar-refractivity contribution in [3.8, 4) is 11.5 Å². The van der Waals surface area contributed by atoms with Gasteiger partial charge in [0.15, 0.2) is 11.5 Å². The molecular weight excluding hydrogens is 376 g/mol. The van der Waals surface area contributed by atoms with Gasteiger partial charge in [0.2, 0.25) is 0 Å². The number of rotatable bonds is 3. The molecule has 3 heterocycles. The van der Waals surface area contributed by atoms with Gasteiger partial charge in [-0.2, -0.15) is 0 Å². The molecule has 1 amide bonds. The molecule has 2 aromatic rings. The summed E-state index contributed by atoms with van der Waals surface area (Å²) in [7, 11) is 0. The van der Waals surface area contributed by atoms with E-state index in [0.717, 1.165) is 55.1 Å². The molecular formula is C22H23ClN2O3. The van der Waals surface area contributed by atoms with Crippen LogP contribution in [0.5, 0.6) is 11.5 Å². The average Bonchev–Trinajstić information content (AvgIpc) is 3.04. The first-order valence-corrected chi connectivity index (χ1v) is 10.3. The lowest BCUT2D eigenvalue weighted by molar-refractivity contribution is 0.0306. The van der Waals surface area contributed by atoms with Crippen LogP contribution in [0.1, 0.15) is 28.8 Å². The molecule has 0 radical (unpaired) electrons. The molecule has 1 saturated heterocycles. The zero-order chi connectivity index (χ0) is 19.1. The lowest BCUT2D eigenvalue weighted by Crippen LogP contribution is -2.51. The highest BCUT2D eigenvalue weighted by atomic mass is 35.5. The van der Waals surface area contributed by atoms with Crippen molar-refractivity contribution in [3.63, 3.8) is 0 Å². The SMILES string of the molecule is O=C1c2ccc(Cl)cc2CN1C1CCCN(CC2COc3ccccc3O2)C1. The second kappa shape index (κ2) is 7.30. The molecule has 0 aromatic heterocycles. The van der Waals surface area contributed by atoms with Crippen molar-refractivity contribution in [2.24, 2.45) is 0 Å². The highest BCUT2D eigenvalue weighted by molar-refractivity contribution is 6.30. The van der Waals surface area contributed by atoms with E-state index in [4.69, 9.17) is 21.1 Å². The Kier molecular flexibility index (Phi) is 4.65. The second-order valence-electron chi connectivity index (χ2n) is 7.79. The quantitative estimate of drug-likeness (QED) is 0.792. The fourth-order valence-corrected chi connectivity index (χ4v) is 4.69. The zero-order valence-electron chi connectivity index (χ0n) is 15.6. The smallest absolute Gasteiger partial charge is 0.254 e. The van der Waals surface area contributed by atoms with Gasteiger partial charge in [0, 0.05) is 36.3 Å². The Morgan fingerprint density at radius 1 is 1.14 bits per heavy atom. The summed E-state index contributed by atoms with van der Waals surface area (Å²) < 4.78 is 12.0. The molecule has 5 nitrogen and oxygen atoms in total. The van der Waals surface area contributed by atoms with E-state index in [1.807, 2.05) is 41.3 Å². The number of ether oxygens (including phenoxy) is 2. The number of hydrogen-bond donors (Lipinski definition) is 0. The van der Waals surface area contributed by atoms with Crippen molar-refractivity contribution >= 4 is 17.5 Å². The molecule has 2 aromatic carbocycles. The van der Waals surface area contributed by atoms with Gasteiger partial charge in [-0.3, -0.25) is 9.69 Å². The standard InChI is InChI=1S/C22H23ClN2O3/c23-16-7-8-19-15(10-16)11-25(22(19)26)17-4-3-9-24(12-17)13-18-14-27-20-5-1-2-6-21(20)28-18/h1-2,5-8,10,17-18H,3-4,9,11-14H2. The molecule has 0 bridgehead atoms. The number of carbonyl (C=O) groups excluding carboxylic acids is 1. The molecule has 28 heavy (non-hydrogen) atoms. The Labute approximate surface area is 169 Å². The van der Waals surface area contributed by atoms with Gasteiger partial charge in [-0.25, -0.2) is 0 Å². The molecule has 146 valence electrons. The van der Waals surface area contributed by atoms with Gasteiger partial charge in [0.05, 0.1) is 0 Å². The van der Waals surface area contributed by atoms with E-state index in [2.05, 4.69) is 4.90 Å². The van der Waals surface area contributed by atoms with Gasteiger partial charge in [-0.05, 0) is 55.3 Å². The fraction of sp³-hybridized carbons (Fsp3) is 0.409. The summed E-state index contributed by atoms with van der Waals surface area (Å²) >= 11 is 6.11. The third kappa shape index (κ3) is 3.33. The van der Waals surface area contributed by atoms with Gasteiger partial charge >= 0.3 is 0 Å². The summed E-state index contributed by atoms with van der Waals surface area (Å²) in [4.78, 5) is 17.3. The van der Waals surface area contributed by atoms with Crippen molar-refractivity contribution in [2.45, 2.75) is 31.5 Å². The van der Waals surface area contributed by atoms with Gasteiger partial charge in [0.25, 0.3) is 5.91 Å². The fourth-order valence-electron chi connectivity index (χ4n) is 4.50. The van der Waals surface area contributed by atoms with Crippen molar-refractivity contribution in [1.82, 2.24) is 9.80 Å². The normalized spacial score (nSPS) is 24.3. The van der Waals surface area contributed by atoms with Gasteiger partial charge in [-0.1, -0.05) is 23.7 Å². The predicted octanol–water partition coefficient (Wildman–Crippen LogP) is 3.60. The maximum absolute atomic E-state index is 12.9. The van der Waals surface area contributed by atoms with E-state index in [9.17, 15) is 4.79 Å². The van der Waals surface area contributed by atoms with E-state index < -0.39 is 0 Å². The van der Waals surface area contributed by atoms with Crippen molar-refractivity contribution in [2.75, 3.05) is 26.2 Å². The lowest BCUT2D eigenvalue weighted by atomic mass is 10.0. The van der Waals surface area contributed by atoms with E-state index in [1.54, 1.807) is 6.07 Å². The largest absolute Gasteiger partial charge is 0.486 e. The molecule has 3 aliphatic rings. The molecule has 0 spiro atoms. The van der Waals surface area contributed by atoms with Crippen molar-refractivity contribution in [1.29, 1.82) is 0 Å². The van der Waals surface area contributed by atoms with Crippen LogP contribution in [0, 0.1) is 0 Å². The Balaban J connectivity index is 1.23. The van der Waals surface area contributed by atoms with Crippen LogP contribution in [0.25, 0.3) is 0 Å². The van der Waals surface area contributed by atoms with Crippen LogP contribution in [-0.4, -0.2) is 54.1 Å². The number of fused-ring (bicyclic) bond motifs is 2. The number of halogens is 1. The van der Waals surface area contributed by atoms with Crippen LogP contribution in [-0.2, 0) is 6.54 Å². The lowest BCUT2D eigenvalue weighted by Gasteiger charge is -2.39. The highest BCUT2D eigenvalue weighted by Gasteiger charge is 2.35. The Bertz CT molecular complexity index is 903. The Hall–Kier alpha value is -2.24. The van der Waals surface area contributed by atoms with Crippen molar-refractivity contribution < 1.29 is 14.3 Å². The third-order valence-corrected chi connectivity index (χ3v) is 6.09. The van der Waals surface area contributed by atoms with E-state index in [-0.39, 0.29) is 18.1 Å². The molecule has 3 aliphatic heterocycles. The van der Waals surface area contributed by atoms with Crippen LogP contribution in [0.4, 0.5) is 0 Å². The number of carbonyl (C=O) groups is 1. The number of benzene rings is 2. The maximum Gasteiger partial charge on any atom is 0.254 e. The molecule has 6 heteroatoms. The van der Waals surface area contributed by atoms with Crippen LogP contribution in [0.2, 0.25) is 5.02 Å². The predicted molar refractivity (Wildman–Crippen MR) is 107 cm³/mol. The van der Waals surface area contributed by atoms with E-state index in [0.29, 0.717) is 18.2 Å². The summed E-state index contributed by atoms with van der Waals surface area (Å²) in [5, 5.41) is 0.688. The minimum Gasteiger partial charge on any atom is -0.486 e. The minimum atomic E-state index is 0.0129. The molecule has 0 N–H and O–H groups in total. The molecule has 1 fully saturated rings. The zero-order valence-corrected chi connectivity index (χ0v) is 16.4. The van der Waals surface area contributed by atoms with Gasteiger partial charge in [0.1, 0.15) is 12.7 Å². The Morgan fingerprint density at radius 2 is 2.00 bits per heavy atom. The monoisotopic (exact) mass is 398 g/mol. The first-order chi connectivity index (χ1) is 13.7. The van der Waals surface area contributed by atoms with E-state index in [1.165, 1.54) is 0 Å². The second-order valence-corrected chi connectivity index (χ2v) is 8.22. The van der Waals surface area contributed by atoms with Gasteiger partial charge < -0.3 is 14.4 Å². The molecule has 0 aliphatic carbocycles. The number of amides is 1. The highest BCUT2D eigenvalue weighted by Crippen LogP contribution is 2.32. The molecule has 2 atom stereocenters. The van der Waals surface area contributed by atoms with Gasteiger partial charge in [-0.15, -0.1) is 0 Å². The molecule has 0 saturated carbocycles. The number of para-hydroxylation sites is 2. The van der Waals surface area contributed by atoms with Crippen LogP contribution in [0.3, 0.4) is 0 Å². The topological polar surface area (TPSA) is 42.0 Å². The van der Waals surface area contributed by atoms with E-state index >= 15 is 0 Å². The summed E-state index contributed by atoms with van der Waals surface area (Å²) in [6.07, 6.45) is 2.13. The number of hydrogen-bond acceptors (Lipinski definition) is 4.